The van der Waals surface area contributed by atoms with Gasteiger partial charge in [-0.2, -0.15) is 15.9 Å². The van der Waals surface area contributed by atoms with Crippen LogP contribution in [0.5, 0.6) is 0 Å². The minimum atomic E-state index is -3.95. The zero-order valence-corrected chi connectivity index (χ0v) is 19.3. The summed E-state index contributed by atoms with van der Waals surface area (Å²) in [5.74, 6) is -0.0664. The van der Waals surface area contributed by atoms with Crippen LogP contribution in [0.1, 0.15) is 5.56 Å². The third-order valence-electron chi connectivity index (χ3n) is 5.95. The largest absolute Gasteiger partial charge is 0.351 e. The molecule has 0 radical (unpaired) electrons. The first-order valence-electron chi connectivity index (χ1n) is 10.2. The fourth-order valence-corrected chi connectivity index (χ4v) is 7.28. The number of rotatable bonds is 3. The maximum atomic E-state index is 13.7. The molecule has 33 heavy (non-hydrogen) atoms. The quantitative estimate of drug-likeness (QED) is 0.428. The van der Waals surface area contributed by atoms with Crippen molar-refractivity contribution in [2.24, 2.45) is 7.05 Å². The highest BCUT2D eigenvalue weighted by molar-refractivity contribution is 8.24. The van der Waals surface area contributed by atoms with Crippen molar-refractivity contribution < 1.29 is 17.5 Å². The highest BCUT2D eigenvalue weighted by Crippen LogP contribution is 2.56. The summed E-state index contributed by atoms with van der Waals surface area (Å²) in [4.78, 5) is 0.366. The van der Waals surface area contributed by atoms with Crippen LogP contribution >= 0.6 is 10.6 Å². The number of aromatic nitrogens is 1. The molecule has 0 saturated heterocycles. The standard InChI is InChI=1S/C24H21N3O4S2/c1-26-11-10-20-14-21(7-8-22(20)26)33(30,31)27-12-13-32(28,29)24-9-6-19(15-23(24)27)18-4-2-17(16-25)3-5-18/h2-11,14-15,28-29H,12-13H2,1H3. The molecule has 0 saturated carbocycles. The molecule has 3 aromatic carbocycles. The molecular weight excluding hydrogens is 458 g/mol. The van der Waals surface area contributed by atoms with Gasteiger partial charge in [0.25, 0.3) is 10.0 Å². The highest BCUT2D eigenvalue weighted by atomic mass is 32.3. The smallest absolute Gasteiger partial charge is 0.264 e. The first-order chi connectivity index (χ1) is 15.7. The van der Waals surface area contributed by atoms with Crippen molar-refractivity contribution in [1.29, 1.82) is 5.26 Å². The second-order valence-corrected chi connectivity index (χ2v) is 12.0. The molecule has 168 valence electrons. The van der Waals surface area contributed by atoms with Gasteiger partial charge in [-0.3, -0.25) is 13.4 Å². The summed E-state index contributed by atoms with van der Waals surface area (Å²) in [5.41, 5.74) is 3.21. The molecular formula is C24H21N3O4S2. The number of aryl methyl sites for hydroxylation is 1. The van der Waals surface area contributed by atoms with Crippen LogP contribution in [0, 0.1) is 11.3 Å². The number of fused-ring (bicyclic) bond motifs is 2. The summed E-state index contributed by atoms with van der Waals surface area (Å²) in [6.07, 6.45) is 1.87. The average Bonchev–Trinajstić information content (AvgIpc) is 3.19. The van der Waals surface area contributed by atoms with Gasteiger partial charge in [0.05, 0.1) is 39.4 Å². The van der Waals surface area contributed by atoms with Crippen LogP contribution in [0.25, 0.3) is 22.0 Å². The number of nitriles is 1. The van der Waals surface area contributed by atoms with Crippen LogP contribution in [-0.4, -0.2) is 34.4 Å². The first-order valence-corrected chi connectivity index (χ1v) is 13.3. The monoisotopic (exact) mass is 479 g/mol. The van der Waals surface area contributed by atoms with Crippen molar-refractivity contribution in [3.05, 3.63) is 78.5 Å². The maximum Gasteiger partial charge on any atom is 0.264 e. The van der Waals surface area contributed by atoms with Crippen LogP contribution in [0.4, 0.5) is 5.69 Å². The molecule has 0 bridgehead atoms. The fraction of sp³-hybridized carbons (Fsp3) is 0.125. The molecule has 0 spiro atoms. The third kappa shape index (κ3) is 3.57. The minimum absolute atomic E-state index is 0.0404. The molecule has 4 aromatic rings. The van der Waals surface area contributed by atoms with Gasteiger partial charge >= 0.3 is 0 Å². The zero-order valence-electron chi connectivity index (χ0n) is 17.7. The summed E-state index contributed by atoms with van der Waals surface area (Å²) in [6.45, 7) is -0.0404. The zero-order chi connectivity index (χ0) is 23.4. The number of nitrogens with zero attached hydrogens (tertiary/aromatic N) is 3. The molecule has 7 nitrogen and oxygen atoms in total. The Morgan fingerprint density at radius 2 is 1.70 bits per heavy atom. The van der Waals surface area contributed by atoms with E-state index >= 15 is 0 Å². The van der Waals surface area contributed by atoms with E-state index in [0.29, 0.717) is 11.1 Å². The Balaban J connectivity index is 1.63. The van der Waals surface area contributed by atoms with E-state index in [4.69, 9.17) is 5.26 Å². The van der Waals surface area contributed by atoms with Crippen molar-refractivity contribution in [2.75, 3.05) is 16.6 Å². The SMILES string of the molecule is Cn1ccc2cc(S(=O)(=O)N3CCS(O)(O)c4ccc(-c5ccc(C#N)cc5)cc43)ccc21. The molecule has 0 aliphatic carbocycles. The lowest BCUT2D eigenvalue weighted by molar-refractivity contribution is 0.484. The number of benzene rings is 3. The van der Waals surface area contributed by atoms with E-state index in [1.54, 1.807) is 60.7 Å². The topological polar surface area (TPSA) is 107 Å². The van der Waals surface area contributed by atoms with Gasteiger partial charge in [-0.25, -0.2) is 8.42 Å². The van der Waals surface area contributed by atoms with Gasteiger partial charge in [0.15, 0.2) is 0 Å². The van der Waals surface area contributed by atoms with Crippen LogP contribution < -0.4 is 4.31 Å². The van der Waals surface area contributed by atoms with E-state index < -0.39 is 20.6 Å². The number of sulfonamides is 1. The third-order valence-corrected chi connectivity index (χ3v) is 9.56. The first kappa shape index (κ1) is 21.6. The van der Waals surface area contributed by atoms with Crippen LogP contribution in [0.15, 0.2) is 82.7 Å². The van der Waals surface area contributed by atoms with Gasteiger partial charge in [-0.15, -0.1) is 0 Å². The van der Waals surface area contributed by atoms with Crippen molar-refractivity contribution in [1.82, 2.24) is 4.57 Å². The summed E-state index contributed by atoms with van der Waals surface area (Å²) < 4.78 is 51.8. The van der Waals surface area contributed by atoms with Gasteiger partial charge in [0.2, 0.25) is 0 Å². The molecule has 2 heterocycles. The molecule has 5 rings (SSSR count). The van der Waals surface area contributed by atoms with Gasteiger partial charge in [0, 0.05) is 24.1 Å². The van der Waals surface area contributed by atoms with E-state index in [9.17, 15) is 17.5 Å². The van der Waals surface area contributed by atoms with E-state index in [2.05, 4.69) is 6.07 Å². The summed E-state index contributed by atoms with van der Waals surface area (Å²) in [6, 6.07) is 20.8. The number of hydrogen-bond acceptors (Lipinski definition) is 5. The summed E-state index contributed by atoms with van der Waals surface area (Å²) >= 11 is 0. The Morgan fingerprint density at radius 1 is 0.970 bits per heavy atom. The lowest BCUT2D eigenvalue weighted by Crippen LogP contribution is -2.38. The van der Waals surface area contributed by atoms with Crippen LogP contribution in [-0.2, 0) is 17.1 Å². The molecule has 0 atom stereocenters. The van der Waals surface area contributed by atoms with E-state index in [1.165, 1.54) is 4.31 Å². The van der Waals surface area contributed by atoms with Crippen molar-refractivity contribution in [2.45, 2.75) is 9.79 Å². The Kier molecular flexibility index (Phi) is 4.99. The van der Waals surface area contributed by atoms with Gasteiger partial charge in [-0.1, -0.05) is 18.2 Å². The number of hydrogen-bond donors (Lipinski definition) is 2. The molecule has 0 amide bonds. The molecule has 0 fully saturated rings. The Bertz CT molecular complexity index is 1530. The molecule has 1 aromatic heterocycles. The van der Waals surface area contributed by atoms with Gasteiger partial charge < -0.3 is 4.57 Å². The molecule has 1 aliphatic heterocycles. The molecule has 9 heteroatoms. The van der Waals surface area contributed by atoms with Crippen molar-refractivity contribution in [3.8, 4) is 17.2 Å². The maximum absolute atomic E-state index is 13.7. The second kappa shape index (κ2) is 7.64. The number of anilines is 1. The minimum Gasteiger partial charge on any atom is -0.351 e. The van der Waals surface area contributed by atoms with Crippen LogP contribution in [0.2, 0.25) is 0 Å². The second-order valence-electron chi connectivity index (χ2n) is 7.97. The van der Waals surface area contributed by atoms with Gasteiger partial charge in [-0.05, 0) is 59.7 Å². The van der Waals surface area contributed by atoms with Crippen molar-refractivity contribution >= 4 is 37.2 Å². The predicted molar refractivity (Wildman–Crippen MR) is 130 cm³/mol. The molecule has 1 aliphatic rings. The van der Waals surface area contributed by atoms with E-state index in [-0.39, 0.29) is 27.8 Å². The Labute approximate surface area is 193 Å². The summed E-state index contributed by atoms with van der Waals surface area (Å²) in [5, 5.41) is 9.85. The van der Waals surface area contributed by atoms with Crippen LogP contribution in [0.3, 0.4) is 0 Å². The van der Waals surface area contributed by atoms with Crippen molar-refractivity contribution in [3.63, 3.8) is 0 Å². The normalized spacial score (nSPS) is 16.2. The Morgan fingerprint density at radius 3 is 2.42 bits per heavy atom. The predicted octanol–water partition coefficient (Wildman–Crippen LogP) is 5.04. The fourth-order valence-electron chi connectivity index (χ4n) is 4.14. The Hall–Kier alpha value is -3.29. The average molecular weight is 480 g/mol. The van der Waals surface area contributed by atoms with E-state index in [1.807, 2.05) is 23.9 Å². The highest BCUT2D eigenvalue weighted by Gasteiger charge is 2.36. The summed E-state index contributed by atoms with van der Waals surface area (Å²) in [7, 11) is -5.16. The van der Waals surface area contributed by atoms with Gasteiger partial charge in [0.1, 0.15) is 0 Å². The van der Waals surface area contributed by atoms with E-state index in [0.717, 1.165) is 16.5 Å². The lowest BCUT2D eigenvalue weighted by Gasteiger charge is -2.42. The molecule has 0 unspecified atom stereocenters. The lowest BCUT2D eigenvalue weighted by atomic mass is 10.0. The molecule has 2 N–H and O–H groups in total.